The average Bonchev–Trinajstić information content (AvgIpc) is 3.34. The third-order valence-electron chi connectivity index (χ3n) is 5.19. The summed E-state index contributed by atoms with van der Waals surface area (Å²) in [7, 11) is 0. The molecule has 0 fully saturated rings. The Bertz CT molecular complexity index is 1390. The smallest absolute Gasteiger partial charge is 0.416 e. The highest BCUT2D eigenvalue weighted by Crippen LogP contribution is 2.33. The molecule has 166 valence electrons. The molecule has 1 aliphatic heterocycles. The molecule has 4 aromatic rings. The zero-order chi connectivity index (χ0) is 23.2. The lowest BCUT2D eigenvalue weighted by Gasteiger charge is -2.12. The maximum atomic E-state index is 13.7. The summed E-state index contributed by atoms with van der Waals surface area (Å²) >= 11 is 0. The molecule has 0 saturated heterocycles. The molecule has 0 N–H and O–H groups in total. The fourth-order valence-corrected chi connectivity index (χ4v) is 3.65. The number of ether oxygens (including phenoxy) is 2. The Balaban J connectivity index is 1.25. The highest BCUT2D eigenvalue weighted by Gasteiger charge is 2.31. The fraction of sp³-hybridized carbons (Fsp3) is 0.174. The van der Waals surface area contributed by atoms with Crippen LogP contribution >= 0.6 is 0 Å². The minimum Gasteiger partial charge on any atom is -0.488 e. The maximum absolute atomic E-state index is 13.7. The molecule has 0 spiro atoms. The van der Waals surface area contributed by atoms with Crippen LogP contribution in [0.2, 0.25) is 0 Å². The number of nitrogens with zero attached hydrogens (tertiary/aromatic N) is 4. The summed E-state index contributed by atoms with van der Waals surface area (Å²) in [5, 5.41) is 9.00. The van der Waals surface area contributed by atoms with Gasteiger partial charge in [-0.15, -0.1) is 0 Å². The van der Waals surface area contributed by atoms with Gasteiger partial charge in [-0.2, -0.15) is 23.4 Å². The first-order valence-corrected chi connectivity index (χ1v) is 9.84. The predicted octanol–water partition coefficient (Wildman–Crippen LogP) is 4.97. The molecule has 10 heteroatoms. The number of alkyl halides is 3. The van der Waals surface area contributed by atoms with Gasteiger partial charge >= 0.3 is 6.18 Å². The number of fused-ring (bicyclic) bond motifs is 3. The van der Waals surface area contributed by atoms with Crippen LogP contribution in [0.3, 0.4) is 0 Å². The van der Waals surface area contributed by atoms with E-state index >= 15 is 0 Å². The Labute approximate surface area is 184 Å². The van der Waals surface area contributed by atoms with Crippen molar-refractivity contribution in [3.63, 3.8) is 0 Å². The van der Waals surface area contributed by atoms with E-state index < -0.39 is 17.6 Å². The Morgan fingerprint density at radius 2 is 2.00 bits per heavy atom. The number of pyridine rings is 1. The second-order valence-corrected chi connectivity index (χ2v) is 7.48. The Morgan fingerprint density at radius 3 is 2.73 bits per heavy atom. The first-order chi connectivity index (χ1) is 15.8. The highest BCUT2D eigenvalue weighted by atomic mass is 19.4. The van der Waals surface area contributed by atoms with Gasteiger partial charge in [-0.1, -0.05) is 0 Å². The molecule has 5 rings (SSSR count). The van der Waals surface area contributed by atoms with Crippen molar-refractivity contribution in [3.8, 4) is 29.1 Å². The van der Waals surface area contributed by atoms with E-state index in [1.807, 2.05) is 10.6 Å². The van der Waals surface area contributed by atoms with E-state index in [4.69, 9.17) is 14.7 Å². The van der Waals surface area contributed by atoms with E-state index in [-0.39, 0.29) is 24.0 Å². The maximum Gasteiger partial charge on any atom is 0.416 e. The lowest BCUT2D eigenvalue weighted by Crippen LogP contribution is -2.23. The molecule has 0 unspecified atom stereocenters. The van der Waals surface area contributed by atoms with Crippen LogP contribution in [-0.4, -0.2) is 27.2 Å². The number of imidazole rings is 1. The first kappa shape index (κ1) is 20.8. The van der Waals surface area contributed by atoms with Crippen LogP contribution in [0.15, 0.2) is 54.7 Å². The number of hydrogen-bond acceptors (Lipinski definition) is 5. The van der Waals surface area contributed by atoms with Crippen molar-refractivity contribution in [2.75, 3.05) is 6.61 Å². The lowest BCUT2D eigenvalue weighted by molar-refractivity contribution is -0.137. The Hall–Kier alpha value is -4.13. The minimum atomic E-state index is -4.65. The van der Waals surface area contributed by atoms with E-state index in [2.05, 4.69) is 16.0 Å². The zero-order valence-corrected chi connectivity index (χ0v) is 16.8. The van der Waals surface area contributed by atoms with Crippen LogP contribution in [0.1, 0.15) is 11.1 Å². The van der Waals surface area contributed by atoms with Crippen LogP contribution in [0, 0.1) is 17.1 Å². The van der Waals surface area contributed by atoms with Crippen molar-refractivity contribution in [2.24, 2.45) is 0 Å². The number of nitriles is 1. The molecule has 2 aromatic carbocycles. The van der Waals surface area contributed by atoms with E-state index in [0.29, 0.717) is 35.5 Å². The summed E-state index contributed by atoms with van der Waals surface area (Å²) in [4.78, 5) is 8.50. The van der Waals surface area contributed by atoms with Gasteiger partial charge in [0.2, 0.25) is 0 Å². The molecular weight excluding hydrogens is 440 g/mol. The summed E-state index contributed by atoms with van der Waals surface area (Å²) in [6, 6.07) is 13.0. The monoisotopic (exact) mass is 454 g/mol. The van der Waals surface area contributed by atoms with E-state index in [0.717, 1.165) is 17.6 Å². The second kappa shape index (κ2) is 7.78. The predicted molar refractivity (Wildman–Crippen MR) is 109 cm³/mol. The fourth-order valence-electron chi connectivity index (χ4n) is 3.65. The Kier molecular flexibility index (Phi) is 4.89. The van der Waals surface area contributed by atoms with Crippen molar-refractivity contribution >= 4 is 11.0 Å². The molecule has 1 aliphatic rings. The van der Waals surface area contributed by atoms with Crippen molar-refractivity contribution in [2.45, 2.75) is 18.8 Å². The Morgan fingerprint density at radius 1 is 1.15 bits per heavy atom. The molecule has 2 aromatic heterocycles. The van der Waals surface area contributed by atoms with Gasteiger partial charge < -0.3 is 9.47 Å². The van der Waals surface area contributed by atoms with Crippen LogP contribution in [-0.2, 0) is 12.7 Å². The highest BCUT2D eigenvalue weighted by molar-refractivity contribution is 5.78. The van der Waals surface area contributed by atoms with E-state index in [1.165, 1.54) is 12.3 Å². The summed E-state index contributed by atoms with van der Waals surface area (Å²) in [5.41, 5.74) is 1.17. The standard InChI is InChI=1S/C23H14F4N4O2/c24-16-7-14(6-15(8-16)23(25,26)27)19-3-2-17(10-29-19)32-12-18-11-31-21-4-1-13(9-28)5-20(21)30-22(31)33-18/h1-8,10,18H,11-12H2/t18-/m0/s1. The minimum absolute atomic E-state index is 0.0184. The SMILES string of the molecule is N#Cc1ccc2c(c1)nc1n2C[C@@H](COc2ccc(-c3cc(F)cc(C(F)(F)F)c3)nc2)O1. The van der Waals surface area contributed by atoms with Crippen molar-refractivity contribution in [1.29, 1.82) is 5.26 Å². The molecule has 0 bridgehead atoms. The van der Waals surface area contributed by atoms with Gasteiger partial charge in [-0.05, 0) is 48.5 Å². The van der Waals surface area contributed by atoms with Gasteiger partial charge in [-0.3, -0.25) is 9.55 Å². The van der Waals surface area contributed by atoms with E-state index in [1.54, 1.807) is 18.2 Å². The third-order valence-corrected chi connectivity index (χ3v) is 5.19. The molecule has 6 nitrogen and oxygen atoms in total. The lowest BCUT2D eigenvalue weighted by atomic mass is 10.1. The largest absolute Gasteiger partial charge is 0.488 e. The number of aromatic nitrogens is 3. The van der Waals surface area contributed by atoms with Gasteiger partial charge in [0.1, 0.15) is 18.2 Å². The van der Waals surface area contributed by atoms with Gasteiger partial charge in [-0.25, -0.2) is 4.39 Å². The summed E-state index contributed by atoms with van der Waals surface area (Å²) in [6.45, 7) is 0.701. The van der Waals surface area contributed by atoms with Gasteiger partial charge in [0.25, 0.3) is 6.01 Å². The average molecular weight is 454 g/mol. The number of benzene rings is 2. The molecule has 3 heterocycles. The number of halogens is 4. The van der Waals surface area contributed by atoms with Crippen molar-refractivity contribution in [1.82, 2.24) is 14.5 Å². The summed E-state index contributed by atoms with van der Waals surface area (Å²) in [5.74, 6) is -0.600. The molecule has 33 heavy (non-hydrogen) atoms. The first-order valence-electron chi connectivity index (χ1n) is 9.84. The molecule has 0 aliphatic carbocycles. The second-order valence-electron chi connectivity index (χ2n) is 7.48. The quantitative estimate of drug-likeness (QED) is 0.407. The number of rotatable bonds is 4. The zero-order valence-electron chi connectivity index (χ0n) is 16.8. The molecule has 0 saturated carbocycles. The van der Waals surface area contributed by atoms with Crippen molar-refractivity contribution < 1.29 is 27.0 Å². The molecule has 0 amide bonds. The normalized spacial score (nSPS) is 15.2. The van der Waals surface area contributed by atoms with Gasteiger partial charge in [0.15, 0.2) is 6.10 Å². The van der Waals surface area contributed by atoms with Crippen molar-refractivity contribution in [3.05, 3.63) is 71.7 Å². The number of hydrogen-bond donors (Lipinski definition) is 0. The summed E-state index contributed by atoms with van der Waals surface area (Å²) in [6.07, 6.45) is -3.59. The van der Waals surface area contributed by atoms with Gasteiger partial charge in [0.05, 0.1) is 46.7 Å². The molecular formula is C23H14F4N4O2. The third kappa shape index (κ3) is 4.05. The van der Waals surface area contributed by atoms with Crippen LogP contribution < -0.4 is 9.47 Å². The molecule has 0 radical (unpaired) electrons. The molecule has 1 atom stereocenters. The van der Waals surface area contributed by atoms with Crippen LogP contribution in [0.4, 0.5) is 17.6 Å². The van der Waals surface area contributed by atoms with Crippen LogP contribution in [0.25, 0.3) is 22.3 Å². The topological polar surface area (TPSA) is 73.0 Å². The van der Waals surface area contributed by atoms with E-state index in [9.17, 15) is 17.6 Å². The van der Waals surface area contributed by atoms with Gasteiger partial charge in [0, 0.05) is 5.56 Å². The summed E-state index contributed by atoms with van der Waals surface area (Å²) < 4.78 is 65.9. The van der Waals surface area contributed by atoms with Crippen LogP contribution in [0.5, 0.6) is 11.8 Å².